The van der Waals surface area contributed by atoms with Gasteiger partial charge in [-0.25, -0.2) is 4.79 Å². The van der Waals surface area contributed by atoms with E-state index in [1.54, 1.807) is 12.1 Å². The van der Waals surface area contributed by atoms with Gasteiger partial charge in [0.1, 0.15) is 0 Å². The van der Waals surface area contributed by atoms with Crippen LogP contribution in [0.15, 0.2) is 42.5 Å². The number of esters is 1. The first-order valence-electron chi connectivity index (χ1n) is 6.45. The van der Waals surface area contributed by atoms with E-state index in [2.05, 4.69) is 0 Å². The second kappa shape index (κ2) is 6.44. The lowest BCUT2D eigenvalue weighted by atomic mass is 9.98. The molecule has 0 saturated heterocycles. The topological polar surface area (TPSA) is 52.3 Å². The molecule has 0 amide bonds. The van der Waals surface area contributed by atoms with Crippen molar-refractivity contribution in [1.82, 2.24) is 0 Å². The molecule has 0 saturated carbocycles. The van der Waals surface area contributed by atoms with E-state index in [-0.39, 0.29) is 5.69 Å². The van der Waals surface area contributed by atoms with Crippen molar-refractivity contribution in [3.05, 3.63) is 53.1 Å². The van der Waals surface area contributed by atoms with Gasteiger partial charge in [-0.15, -0.1) is 0 Å². The number of nitrogens with two attached hydrogens (primary N) is 1. The van der Waals surface area contributed by atoms with Crippen molar-refractivity contribution in [3.8, 4) is 11.1 Å². The highest BCUT2D eigenvalue weighted by atomic mass is 35.5. The number of ether oxygens (including phenoxy) is 1. The first-order valence-corrected chi connectivity index (χ1v) is 6.83. The van der Waals surface area contributed by atoms with Crippen LogP contribution in [-0.2, 0) is 4.74 Å². The summed E-state index contributed by atoms with van der Waals surface area (Å²) in [7, 11) is 0. The molecule has 0 aliphatic rings. The molecular formula is C16H16ClNO2. The van der Waals surface area contributed by atoms with Crippen LogP contribution >= 0.6 is 11.6 Å². The van der Waals surface area contributed by atoms with Crippen LogP contribution in [0.3, 0.4) is 0 Å². The zero-order valence-electron chi connectivity index (χ0n) is 11.2. The van der Waals surface area contributed by atoms with Crippen molar-refractivity contribution in [2.45, 2.75) is 13.3 Å². The third-order valence-corrected chi connectivity index (χ3v) is 3.25. The number of carbonyl (C=O) groups is 1. The molecule has 0 radical (unpaired) electrons. The lowest BCUT2D eigenvalue weighted by molar-refractivity contribution is 0.0507. The maximum absolute atomic E-state index is 12.2. The van der Waals surface area contributed by atoms with Crippen LogP contribution in [0.25, 0.3) is 11.1 Å². The number of carbonyl (C=O) groups excluding carboxylic acids is 1. The Bertz CT molecular complexity index is 611. The molecule has 104 valence electrons. The standard InChI is InChI=1S/C16H16ClNO2/c1-2-10-20-16(19)14-12(8-9-13(17)15(14)18)11-6-4-3-5-7-11/h3-9H,2,10,18H2,1H3. The summed E-state index contributed by atoms with van der Waals surface area (Å²) in [6.07, 6.45) is 0.757. The number of rotatable bonds is 4. The van der Waals surface area contributed by atoms with Crippen LogP contribution in [-0.4, -0.2) is 12.6 Å². The lowest BCUT2D eigenvalue weighted by Crippen LogP contribution is -2.11. The molecule has 2 rings (SSSR count). The Morgan fingerprint density at radius 2 is 1.90 bits per heavy atom. The van der Waals surface area contributed by atoms with Gasteiger partial charge in [-0.3, -0.25) is 0 Å². The minimum absolute atomic E-state index is 0.258. The smallest absolute Gasteiger partial charge is 0.340 e. The van der Waals surface area contributed by atoms with E-state index in [1.165, 1.54) is 0 Å². The Morgan fingerprint density at radius 1 is 1.20 bits per heavy atom. The van der Waals surface area contributed by atoms with E-state index in [9.17, 15) is 4.79 Å². The fourth-order valence-corrected chi connectivity index (χ4v) is 2.10. The summed E-state index contributed by atoms with van der Waals surface area (Å²) < 4.78 is 5.20. The van der Waals surface area contributed by atoms with E-state index in [0.717, 1.165) is 17.5 Å². The Labute approximate surface area is 123 Å². The molecule has 2 aromatic rings. The lowest BCUT2D eigenvalue weighted by Gasteiger charge is -2.13. The summed E-state index contributed by atoms with van der Waals surface area (Å²) in [6.45, 7) is 2.30. The second-order valence-corrected chi connectivity index (χ2v) is 4.79. The maximum atomic E-state index is 12.2. The molecule has 3 nitrogen and oxygen atoms in total. The zero-order valence-corrected chi connectivity index (χ0v) is 12.0. The van der Waals surface area contributed by atoms with Crippen molar-refractivity contribution in [2.24, 2.45) is 0 Å². The Kier molecular flexibility index (Phi) is 4.64. The van der Waals surface area contributed by atoms with E-state index in [1.807, 2.05) is 37.3 Å². The van der Waals surface area contributed by atoms with Gasteiger partial charge >= 0.3 is 5.97 Å². The number of anilines is 1. The number of halogens is 1. The van der Waals surface area contributed by atoms with Crippen molar-refractivity contribution >= 4 is 23.3 Å². The average Bonchev–Trinajstić information content (AvgIpc) is 2.48. The first-order chi connectivity index (χ1) is 9.65. The third-order valence-electron chi connectivity index (χ3n) is 2.92. The molecule has 0 bridgehead atoms. The summed E-state index contributed by atoms with van der Waals surface area (Å²) in [6, 6.07) is 13.0. The minimum Gasteiger partial charge on any atom is -0.462 e. The van der Waals surface area contributed by atoms with Crippen molar-refractivity contribution < 1.29 is 9.53 Å². The predicted molar refractivity (Wildman–Crippen MR) is 81.9 cm³/mol. The van der Waals surface area contributed by atoms with Gasteiger partial charge in [0.2, 0.25) is 0 Å². The molecule has 2 aromatic carbocycles. The second-order valence-electron chi connectivity index (χ2n) is 4.39. The molecule has 2 N–H and O–H groups in total. The van der Waals surface area contributed by atoms with Gasteiger partial charge in [-0.05, 0) is 23.6 Å². The quantitative estimate of drug-likeness (QED) is 0.679. The zero-order chi connectivity index (χ0) is 14.5. The molecule has 20 heavy (non-hydrogen) atoms. The van der Waals surface area contributed by atoms with Crippen molar-refractivity contribution in [1.29, 1.82) is 0 Å². The SMILES string of the molecule is CCCOC(=O)c1c(-c2ccccc2)ccc(Cl)c1N. The summed E-state index contributed by atoms with van der Waals surface area (Å²) in [5.41, 5.74) is 8.18. The summed E-state index contributed by atoms with van der Waals surface area (Å²) in [5.74, 6) is -0.439. The maximum Gasteiger partial charge on any atom is 0.340 e. The van der Waals surface area contributed by atoms with E-state index >= 15 is 0 Å². The van der Waals surface area contributed by atoms with Crippen LogP contribution < -0.4 is 5.73 Å². The molecule has 0 fully saturated rings. The molecule has 0 aliphatic carbocycles. The summed E-state index contributed by atoms with van der Waals surface area (Å²) in [5, 5.41) is 0.355. The van der Waals surface area contributed by atoms with Gasteiger partial charge in [0.25, 0.3) is 0 Å². The van der Waals surface area contributed by atoms with E-state index < -0.39 is 5.97 Å². The summed E-state index contributed by atoms with van der Waals surface area (Å²) in [4.78, 5) is 12.2. The minimum atomic E-state index is -0.439. The Morgan fingerprint density at radius 3 is 2.55 bits per heavy atom. The number of nitrogen functional groups attached to an aromatic ring is 1. The highest BCUT2D eigenvalue weighted by Crippen LogP contribution is 2.33. The van der Waals surface area contributed by atoms with Gasteiger partial charge in [0.05, 0.1) is 22.9 Å². The summed E-state index contributed by atoms with van der Waals surface area (Å²) >= 11 is 6.02. The average molecular weight is 290 g/mol. The van der Waals surface area contributed by atoms with Crippen LogP contribution in [0.5, 0.6) is 0 Å². The molecule has 4 heteroatoms. The molecule has 0 spiro atoms. The van der Waals surface area contributed by atoms with Crippen LogP contribution in [0.2, 0.25) is 5.02 Å². The third kappa shape index (κ3) is 2.94. The molecule has 0 unspecified atom stereocenters. The number of hydrogen-bond acceptors (Lipinski definition) is 3. The Hall–Kier alpha value is -2.00. The van der Waals surface area contributed by atoms with Crippen molar-refractivity contribution in [3.63, 3.8) is 0 Å². The fourth-order valence-electron chi connectivity index (χ4n) is 1.94. The highest BCUT2D eigenvalue weighted by molar-refractivity contribution is 6.34. The first kappa shape index (κ1) is 14.4. The molecular weight excluding hydrogens is 274 g/mol. The molecule has 0 heterocycles. The number of benzene rings is 2. The largest absolute Gasteiger partial charge is 0.462 e. The normalized spacial score (nSPS) is 10.3. The van der Waals surface area contributed by atoms with Gasteiger partial charge in [0.15, 0.2) is 0 Å². The Balaban J connectivity index is 2.52. The van der Waals surface area contributed by atoms with Crippen LogP contribution in [0, 0.1) is 0 Å². The molecule has 0 atom stereocenters. The molecule has 0 aliphatic heterocycles. The van der Waals surface area contributed by atoms with Crippen molar-refractivity contribution in [2.75, 3.05) is 12.3 Å². The van der Waals surface area contributed by atoms with Gasteiger partial charge in [-0.1, -0.05) is 54.9 Å². The van der Waals surface area contributed by atoms with Gasteiger partial charge < -0.3 is 10.5 Å². The monoisotopic (exact) mass is 289 g/mol. The van der Waals surface area contributed by atoms with E-state index in [4.69, 9.17) is 22.1 Å². The highest BCUT2D eigenvalue weighted by Gasteiger charge is 2.19. The fraction of sp³-hybridized carbons (Fsp3) is 0.188. The van der Waals surface area contributed by atoms with E-state index in [0.29, 0.717) is 17.2 Å². The predicted octanol–water partition coefficient (Wildman–Crippen LogP) is 4.16. The van der Waals surface area contributed by atoms with Crippen LogP contribution in [0.1, 0.15) is 23.7 Å². The number of hydrogen-bond donors (Lipinski definition) is 1. The molecule has 0 aromatic heterocycles. The van der Waals surface area contributed by atoms with Crippen LogP contribution in [0.4, 0.5) is 5.69 Å². The van der Waals surface area contributed by atoms with Gasteiger partial charge in [0, 0.05) is 0 Å². The van der Waals surface area contributed by atoms with Gasteiger partial charge in [-0.2, -0.15) is 0 Å².